The van der Waals surface area contributed by atoms with Crippen molar-refractivity contribution in [1.29, 1.82) is 0 Å². The van der Waals surface area contributed by atoms with Gasteiger partial charge in [0.25, 0.3) is 5.91 Å². The number of benzene rings is 1. The molecule has 5 heteroatoms. The predicted molar refractivity (Wildman–Crippen MR) is 103 cm³/mol. The SMILES string of the molecule is CC(C)(C)C1CCc2c(sc(N)c2C(=O)Nc2ccc(Cl)cc2)C1. The highest BCUT2D eigenvalue weighted by molar-refractivity contribution is 7.16. The van der Waals surface area contributed by atoms with Crippen LogP contribution in [0.1, 0.15) is 48.0 Å². The summed E-state index contributed by atoms with van der Waals surface area (Å²) in [6.45, 7) is 6.86. The van der Waals surface area contributed by atoms with Crippen molar-refractivity contribution in [3.05, 3.63) is 45.3 Å². The average Bonchev–Trinajstić information content (AvgIpc) is 2.83. The lowest BCUT2D eigenvalue weighted by molar-refractivity contribution is 0.102. The summed E-state index contributed by atoms with van der Waals surface area (Å²) in [6, 6.07) is 7.12. The Kier molecular flexibility index (Phi) is 4.63. The minimum Gasteiger partial charge on any atom is -0.390 e. The predicted octanol–water partition coefficient (Wildman–Crippen LogP) is 5.39. The van der Waals surface area contributed by atoms with Gasteiger partial charge >= 0.3 is 0 Å². The fourth-order valence-corrected chi connectivity index (χ4v) is 4.64. The number of hydrogen-bond acceptors (Lipinski definition) is 3. The molecule has 0 saturated heterocycles. The molecule has 0 aliphatic heterocycles. The Morgan fingerprint density at radius 2 is 1.96 bits per heavy atom. The fourth-order valence-electron chi connectivity index (χ4n) is 3.32. The number of rotatable bonds is 2. The molecule has 1 aliphatic carbocycles. The Morgan fingerprint density at radius 1 is 1.29 bits per heavy atom. The molecule has 0 saturated carbocycles. The van der Waals surface area contributed by atoms with Gasteiger partial charge in [0, 0.05) is 15.6 Å². The number of carbonyl (C=O) groups excluding carboxylic acids is 1. The smallest absolute Gasteiger partial charge is 0.258 e. The highest BCUT2D eigenvalue weighted by Gasteiger charge is 2.33. The number of nitrogens with two attached hydrogens (primary N) is 1. The Hall–Kier alpha value is -1.52. The third-order valence-electron chi connectivity index (χ3n) is 4.85. The molecule has 1 amide bonds. The average molecular weight is 363 g/mol. The Bertz CT molecular complexity index is 759. The quantitative estimate of drug-likeness (QED) is 0.752. The monoisotopic (exact) mass is 362 g/mol. The van der Waals surface area contributed by atoms with Gasteiger partial charge in [-0.15, -0.1) is 11.3 Å². The van der Waals surface area contributed by atoms with Crippen LogP contribution in [0.2, 0.25) is 5.02 Å². The molecule has 3 nitrogen and oxygen atoms in total. The summed E-state index contributed by atoms with van der Waals surface area (Å²) in [5, 5.41) is 4.21. The van der Waals surface area contributed by atoms with E-state index in [2.05, 4.69) is 26.1 Å². The van der Waals surface area contributed by atoms with Crippen LogP contribution in [-0.2, 0) is 12.8 Å². The molecule has 1 aromatic heterocycles. The van der Waals surface area contributed by atoms with E-state index in [4.69, 9.17) is 17.3 Å². The van der Waals surface area contributed by atoms with Gasteiger partial charge < -0.3 is 11.1 Å². The van der Waals surface area contributed by atoms with Crippen molar-refractivity contribution >= 4 is 39.5 Å². The first kappa shape index (κ1) is 17.3. The summed E-state index contributed by atoms with van der Waals surface area (Å²) in [6.07, 6.45) is 3.05. The van der Waals surface area contributed by atoms with Gasteiger partial charge in [-0.3, -0.25) is 4.79 Å². The molecule has 128 valence electrons. The molecular weight excluding hydrogens is 340 g/mol. The lowest BCUT2D eigenvalue weighted by Crippen LogP contribution is -2.27. The number of carbonyl (C=O) groups is 1. The van der Waals surface area contributed by atoms with Gasteiger partial charge in [-0.1, -0.05) is 32.4 Å². The third-order valence-corrected chi connectivity index (χ3v) is 6.18. The first-order valence-corrected chi connectivity index (χ1v) is 9.42. The molecule has 3 N–H and O–H groups in total. The van der Waals surface area contributed by atoms with E-state index in [0.29, 0.717) is 21.5 Å². The zero-order chi connectivity index (χ0) is 17.5. The molecule has 24 heavy (non-hydrogen) atoms. The Morgan fingerprint density at radius 3 is 2.58 bits per heavy atom. The van der Waals surface area contributed by atoms with E-state index in [1.165, 1.54) is 4.88 Å². The summed E-state index contributed by atoms with van der Waals surface area (Å²) >= 11 is 7.46. The highest BCUT2D eigenvalue weighted by Crippen LogP contribution is 2.43. The van der Waals surface area contributed by atoms with Crippen LogP contribution in [0, 0.1) is 11.3 Å². The van der Waals surface area contributed by atoms with Crippen molar-refractivity contribution < 1.29 is 4.79 Å². The van der Waals surface area contributed by atoms with Crippen LogP contribution in [0.15, 0.2) is 24.3 Å². The number of hydrogen-bond donors (Lipinski definition) is 2. The van der Waals surface area contributed by atoms with Gasteiger partial charge in [0.05, 0.1) is 10.6 Å². The van der Waals surface area contributed by atoms with E-state index in [1.807, 2.05) is 0 Å². The second-order valence-electron chi connectivity index (χ2n) is 7.51. The van der Waals surface area contributed by atoms with Gasteiger partial charge in [-0.25, -0.2) is 0 Å². The maximum absolute atomic E-state index is 12.7. The van der Waals surface area contributed by atoms with Crippen LogP contribution in [0.25, 0.3) is 0 Å². The molecule has 0 spiro atoms. The molecule has 0 fully saturated rings. The van der Waals surface area contributed by atoms with Crippen molar-refractivity contribution in [3.8, 4) is 0 Å². The number of nitrogens with one attached hydrogen (secondary N) is 1. The van der Waals surface area contributed by atoms with Crippen molar-refractivity contribution in [2.75, 3.05) is 11.1 Å². The molecule has 1 aliphatic rings. The van der Waals surface area contributed by atoms with Gasteiger partial charge in [0.15, 0.2) is 0 Å². The molecule has 3 rings (SSSR count). The first-order valence-electron chi connectivity index (χ1n) is 8.22. The minimum absolute atomic E-state index is 0.124. The summed E-state index contributed by atoms with van der Waals surface area (Å²) in [5.74, 6) is 0.511. The molecule has 0 radical (unpaired) electrons. The summed E-state index contributed by atoms with van der Waals surface area (Å²) in [5.41, 5.74) is 9.01. The minimum atomic E-state index is -0.124. The van der Waals surface area contributed by atoms with Crippen LogP contribution in [-0.4, -0.2) is 5.91 Å². The Labute approximate surface area is 152 Å². The lowest BCUT2D eigenvalue weighted by atomic mass is 9.72. The van der Waals surface area contributed by atoms with E-state index >= 15 is 0 Å². The zero-order valence-corrected chi connectivity index (χ0v) is 15.9. The van der Waals surface area contributed by atoms with Crippen LogP contribution < -0.4 is 11.1 Å². The first-order chi connectivity index (χ1) is 11.3. The van der Waals surface area contributed by atoms with E-state index in [0.717, 1.165) is 30.5 Å². The maximum Gasteiger partial charge on any atom is 0.258 e. The summed E-state index contributed by atoms with van der Waals surface area (Å²) < 4.78 is 0. The lowest BCUT2D eigenvalue weighted by Gasteiger charge is -2.33. The van der Waals surface area contributed by atoms with Crippen molar-refractivity contribution in [3.63, 3.8) is 0 Å². The van der Waals surface area contributed by atoms with Crippen LogP contribution >= 0.6 is 22.9 Å². The number of thiophene rings is 1. The van der Waals surface area contributed by atoms with E-state index in [9.17, 15) is 4.79 Å². The number of nitrogen functional groups attached to an aromatic ring is 1. The van der Waals surface area contributed by atoms with E-state index in [-0.39, 0.29) is 11.3 Å². The standard InChI is InChI=1S/C19H23ClN2OS/c1-19(2,3)11-4-9-14-15(10-11)24-17(21)16(14)18(23)22-13-7-5-12(20)6-8-13/h5-8,11H,4,9-10,21H2,1-3H3,(H,22,23). The van der Waals surface area contributed by atoms with E-state index in [1.54, 1.807) is 35.6 Å². The zero-order valence-electron chi connectivity index (χ0n) is 14.3. The number of anilines is 2. The fraction of sp³-hybridized carbons (Fsp3) is 0.421. The topological polar surface area (TPSA) is 55.1 Å². The second kappa shape index (κ2) is 6.41. The van der Waals surface area contributed by atoms with Crippen LogP contribution in [0.3, 0.4) is 0 Å². The Balaban J connectivity index is 1.84. The normalized spacial score (nSPS) is 17.4. The van der Waals surface area contributed by atoms with Gasteiger partial charge in [-0.05, 0) is 60.4 Å². The van der Waals surface area contributed by atoms with Crippen LogP contribution in [0.5, 0.6) is 0 Å². The maximum atomic E-state index is 12.7. The highest BCUT2D eigenvalue weighted by atomic mass is 35.5. The molecule has 1 heterocycles. The number of fused-ring (bicyclic) bond motifs is 1. The summed E-state index contributed by atoms with van der Waals surface area (Å²) in [4.78, 5) is 14.0. The summed E-state index contributed by atoms with van der Waals surface area (Å²) in [7, 11) is 0. The second-order valence-corrected chi connectivity index (χ2v) is 9.08. The van der Waals surface area contributed by atoms with Crippen molar-refractivity contribution in [2.24, 2.45) is 11.3 Å². The van der Waals surface area contributed by atoms with Crippen molar-refractivity contribution in [1.82, 2.24) is 0 Å². The third kappa shape index (κ3) is 3.45. The molecule has 1 unspecified atom stereocenters. The molecule has 0 bridgehead atoms. The number of amides is 1. The van der Waals surface area contributed by atoms with Crippen LogP contribution in [0.4, 0.5) is 10.7 Å². The molecule has 1 atom stereocenters. The number of halogens is 1. The van der Waals surface area contributed by atoms with E-state index < -0.39 is 0 Å². The van der Waals surface area contributed by atoms with Gasteiger partial charge in [0.2, 0.25) is 0 Å². The molecular formula is C19H23ClN2OS. The van der Waals surface area contributed by atoms with Crippen molar-refractivity contribution in [2.45, 2.75) is 40.0 Å². The molecule has 2 aromatic rings. The largest absolute Gasteiger partial charge is 0.390 e. The molecule has 1 aromatic carbocycles. The van der Waals surface area contributed by atoms with Gasteiger partial charge in [-0.2, -0.15) is 0 Å². The van der Waals surface area contributed by atoms with Gasteiger partial charge in [0.1, 0.15) is 0 Å².